The van der Waals surface area contributed by atoms with Gasteiger partial charge in [-0.1, -0.05) is 6.92 Å². The van der Waals surface area contributed by atoms with Gasteiger partial charge in [-0.25, -0.2) is 4.98 Å². The summed E-state index contributed by atoms with van der Waals surface area (Å²) in [5, 5.41) is 4.55. The van der Waals surface area contributed by atoms with Crippen molar-refractivity contribution in [1.29, 1.82) is 0 Å². The molecule has 2 heterocycles. The molecule has 0 aromatic carbocycles. The molecule has 0 saturated carbocycles. The van der Waals surface area contributed by atoms with Crippen LogP contribution in [-0.2, 0) is 22.4 Å². The van der Waals surface area contributed by atoms with Crippen molar-refractivity contribution in [3.63, 3.8) is 0 Å². The fraction of sp³-hybridized carbons (Fsp3) is 0.765. The number of guanidine groups is 1. The molecule has 1 fully saturated rings. The van der Waals surface area contributed by atoms with Crippen LogP contribution in [0.1, 0.15) is 36.1 Å². The maximum Gasteiger partial charge on any atom is 0.193 e. The molecule has 0 bridgehead atoms. The molecule has 7 heteroatoms. The van der Waals surface area contributed by atoms with Crippen LogP contribution >= 0.6 is 11.3 Å². The number of hydrogen-bond acceptors (Lipinski definition) is 5. The van der Waals surface area contributed by atoms with Crippen molar-refractivity contribution in [3.8, 4) is 0 Å². The maximum atomic E-state index is 5.92. The Balaban J connectivity index is 1.70. The number of thiazole rings is 1. The van der Waals surface area contributed by atoms with E-state index in [1.54, 1.807) is 18.4 Å². The number of aliphatic imine (C=N–C) groups is 1. The highest BCUT2D eigenvalue weighted by Gasteiger charge is 2.21. The highest BCUT2D eigenvalue weighted by Crippen LogP contribution is 2.15. The number of nitrogens with one attached hydrogen (secondary N) is 1. The van der Waals surface area contributed by atoms with Crippen LogP contribution in [0.15, 0.2) is 11.2 Å². The van der Waals surface area contributed by atoms with Gasteiger partial charge in [-0.3, -0.25) is 4.99 Å². The summed E-state index contributed by atoms with van der Waals surface area (Å²) in [5.74, 6) is 0.959. The Morgan fingerprint density at radius 1 is 1.42 bits per heavy atom. The second-order valence-electron chi connectivity index (χ2n) is 5.88. The summed E-state index contributed by atoms with van der Waals surface area (Å²) in [5.41, 5.74) is 0. The molecule has 1 aromatic rings. The summed E-state index contributed by atoms with van der Waals surface area (Å²) in [6.45, 7) is 6.41. The van der Waals surface area contributed by atoms with Crippen LogP contribution in [-0.4, -0.2) is 62.4 Å². The number of nitrogens with zero attached hydrogens (tertiary/aromatic N) is 3. The minimum Gasteiger partial charge on any atom is -0.385 e. The van der Waals surface area contributed by atoms with Crippen molar-refractivity contribution in [2.75, 3.05) is 40.5 Å². The largest absolute Gasteiger partial charge is 0.385 e. The molecule has 1 saturated heterocycles. The van der Waals surface area contributed by atoms with Gasteiger partial charge in [0.05, 0.1) is 12.6 Å². The second kappa shape index (κ2) is 10.6. The zero-order chi connectivity index (χ0) is 17.2. The minimum atomic E-state index is 0.363. The van der Waals surface area contributed by atoms with E-state index < -0.39 is 0 Å². The highest BCUT2D eigenvalue weighted by molar-refractivity contribution is 7.11. The first kappa shape index (κ1) is 19.1. The summed E-state index contributed by atoms with van der Waals surface area (Å²) >= 11 is 1.77. The molecule has 24 heavy (non-hydrogen) atoms. The Labute approximate surface area is 149 Å². The predicted octanol–water partition coefficient (Wildman–Crippen LogP) is 2.30. The molecular weight excluding hydrogens is 324 g/mol. The first-order chi connectivity index (χ1) is 11.8. The van der Waals surface area contributed by atoms with E-state index in [0.717, 1.165) is 69.5 Å². The second-order valence-corrected chi connectivity index (χ2v) is 7.08. The van der Waals surface area contributed by atoms with Crippen LogP contribution in [0.3, 0.4) is 0 Å². The summed E-state index contributed by atoms with van der Waals surface area (Å²) in [4.78, 5) is 12.5. The third-order valence-corrected chi connectivity index (χ3v) is 5.29. The van der Waals surface area contributed by atoms with Gasteiger partial charge in [0.2, 0.25) is 0 Å². The van der Waals surface area contributed by atoms with Gasteiger partial charge in [0, 0.05) is 51.5 Å². The third kappa shape index (κ3) is 6.03. The zero-order valence-corrected chi connectivity index (χ0v) is 15.9. The average Bonchev–Trinajstić information content (AvgIpc) is 3.08. The van der Waals surface area contributed by atoms with Crippen LogP contribution in [0, 0.1) is 0 Å². The van der Waals surface area contributed by atoms with Crippen LogP contribution in [0.2, 0.25) is 0 Å². The predicted molar refractivity (Wildman–Crippen MR) is 98.7 cm³/mol. The maximum absolute atomic E-state index is 5.92. The number of rotatable bonds is 8. The molecule has 2 rings (SSSR count). The molecule has 0 atom stereocenters. The van der Waals surface area contributed by atoms with E-state index in [1.807, 2.05) is 13.2 Å². The lowest BCUT2D eigenvalue weighted by Gasteiger charge is -2.34. The summed E-state index contributed by atoms with van der Waals surface area (Å²) in [6.07, 6.45) is 6.44. The molecule has 1 N–H and O–H groups in total. The van der Waals surface area contributed by atoms with Crippen LogP contribution in [0.4, 0.5) is 0 Å². The fourth-order valence-electron chi connectivity index (χ4n) is 2.77. The molecule has 6 nitrogen and oxygen atoms in total. The third-order valence-electron chi connectivity index (χ3n) is 4.15. The Kier molecular flexibility index (Phi) is 8.49. The quantitative estimate of drug-likeness (QED) is 0.441. The topological polar surface area (TPSA) is 59.0 Å². The van der Waals surface area contributed by atoms with E-state index >= 15 is 0 Å². The number of methoxy groups -OCH3 is 1. The van der Waals surface area contributed by atoms with Crippen molar-refractivity contribution in [2.45, 2.75) is 45.3 Å². The Morgan fingerprint density at radius 3 is 2.83 bits per heavy atom. The number of ether oxygens (including phenoxy) is 2. The monoisotopic (exact) mass is 354 g/mol. The molecular formula is C17H30N4O2S. The standard InChI is InChI=1S/C17H30N4O2S/c1-4-15-12-19-16(24-15)13-20-17(18-2)21-8-6-14(7-9-21)23-11-5-10-22-3/h12,14H,4-11,13H2,1-3H3,(H,18,20). The van der Waals surface area contributed by atoms with Gasteiger partial charge in [-0.05, 0) is 25.7 Å². The van der Waals surface area contributed by atoms with Crippen molar-refractivity contribution in [2.24, 2.45) is 4.99 Å². The van der Waals surface area contributed by atoms with Gasteiger partial charge in [0.15, 0.2) is 5.96 Å². The lowest BCUT2D eigenvalue weighted by Crippen LogP contribution is -2.46. The van der Waals surface area contributed by atoms with Gasteiger partial charge in [-0.15, -0.1) is 11.3 Å². The number of hydrogen-bond donors (Lipinski definition) is 1. The molecule has 1 aromatic heterocycles. The van der Waals surface area contributed by atoms with Gasteiger partial charge in [-0.2, -0.15) is 0 Å². The summed E-state index contributed by atoms with van der Waals surface area (Å²) in [6, 6.07) is 0. The minimum absolute atomic E-state index is 0.363. The van der Waals surface area contributed by atoms with Gasteiger partial charge in [0.25, 0.3) is 0 Å². The van der Waals surface area contributed by atoms with Crippen molar-refractivity contribution < 1.29 is 9.47 Å². The van der Waals surface area contributed by atoms with E-state index in [-0.39, 0.29) is 0 Å². The SMILES string of the molecule is CCc1cnc(CNC(=NC)N2CCC(OCCCOC)CC2)s1. The molecule has 0 radical (unpaired) electrons. The van der Waals surface area contributed by atoms with Gasteiger partial charge < -0.3 is 19.7 Å². The van der Waals surface area contributed by atoms with E-state index in [9.17, 15) is 0 Å². The number of aromatic nitrogens is 1. The summed E-state index contributed by atoms with van der Waals surface area (Å²) in [7, 11) is 3.57. The van der Waals surface area contributed by atoms with Crippen LogP contribution < -0.4 is 5.32 Å². The van der Waals surface area contributed by atoms with E-state index in [2.05, 4.69) is 27.1 Å². The molecule has 1 aliphatic rings. The highest BCUT2D eigenvalue weighted by atomic mass is 32.1. The van der Waals surface area contributed by atoms with E-state index in [4.69, 9.17) is 9.47 Å². The Bertz CT molecular complexity index is 499. The van der Waals surface area contributed by atoms with E-state index in [0.29, 0.717) is 6.10 Å². The number of piperidine rings is 1. The van der Waals surface area contributed by atoms with Crippen LogP contribution in [0.5, 0.6) is 0 Å². The zero-order valence-electron chi connectivity index (χ0n) is 15.1. The number of likely N-dealkylation sites (tertiary alicyclic amines) is 1. The molecule has 0 amide bonds. The summed E-state index contributed by atoms with van der Waals surface area (Å²) < 4.78 is 11.0. The van der Waals surface area contributed by atoms with E-state index in [1.165, 1.54) is 4.88 Å². The molecule has 136 valence electrons. The lowest BCUT2D eigenvalue weighted by molar-refractivity contribution is 0.00989. The normalized spacial score (nSPS) is 16.6. The Morgan fingerprint density at radius 2 is 2.21 bits per heavy atom. The van der Waals surface area contributed by atoms with Crippen molar-refractivity contribution in [1.82, 2.24) is 15.2 Å². The molecule has 0 aliphatic carbocycles. The fourth-order valence-corrected chi connectivity index (χ4v) is 3.57. The first-order valence-corrected chi connectivity index (χ1v) is 9.58. The van der Waals surface area contributed by atoms with Crippen molar-refractivity contribution in [3.05, 3.63) is 16.1 Å². The van der Waals surface area contributed by atoms with Crippen LogP contribution in [0.25, 0.3) is 0 Å². The lowest BCUT2D eigenvalue weighted by atomic mass is 10.1. The first-order valence-electron chi connectivity index (χ1n) is 8.76. The van der Waals surface area contributed by atoms with Gasteiger partial charge in [0.1, 0.15) is 5.01 Å². The van der Waals surface area contributed by atoms with Crippen molar-refractivity contribution >= 4 is 17.3 Å². The number of aryl methyl sites for hydroxylation is 1. The van der Waals surface area contributed by atoms with Gasteiger partial charge >= 0.3 is 0 Å². The smallest absolute Gasteiger partial charge is 0.193 e. The molecule has 1 aliphatic heterocycles. The molecule has 0 unspecified atom stereocenters. The Hall–Kier alpha value is -1.18. The molecule has 0 spiro atoms. The average molecular weight is 355 g/mol.